The van der Waals surface area contributed by atoms with Gasteiger partial charge in [-0.3, -0.25) is 9.79 Å². The van der Waals surface area contributed by atoms with Crippen molar-refractivity contribution >= 4 is 93.9 Å². The number of aromatic nitrogens is 2. The summed E-state index contributed by atoms with van der Waals surface area (Å²) in [6, 6.07) is 60.4. The second-order valence-electron chi connectivity index (χ2n) is 17.2. The highest BCUT2D eigenvalue weighted by molar-refractivity contribution is 9.11. The van der Waals surface area contributed by atoms with Crippen LogP contribution in [0.2, 0.25) is 0 Å². The van der Waals surface area contributed by atoms with E-state index in [0.717, 1.165) is 69.7 Å². The predicted octanol–water partition coefficient (Wildman–Crippen LogP) is 16.5. The molecular weight excluding hydrogens is 1120 g/mol. The molecule has 1 saturated heterocycles. The van der Waals surface area contributed by atoms with Gasteiger partial charge in [0.05, 0.1) is 16.9 Å². The molecule has 0 saturated carbocycles. The number of benzene rings is 8. The molecule has 1 aliphatic heterocycles. The van der Waals surface area contributed by atoms with Crippen LogP contribution in [-0.2, 0) is 9.47 Å². The number of halogens is 3. The zero-order valence-corrected chi connectivity index (χ0v) is 45.0. The largest absolute Gasteiger partial charge is 0.506 e. The monoisotopic (exact) mass is 1160 g/mol. The van der Waals surface area contributed by atoms with Gasteiger partial charge < -0.3 is 34.3 Å². The van der Waals surface area contributed by atoms with E-state index >= 15 is 0 Å². The Bertz CT molecular complexity index is 3390. The maximum Gasteiger partial charge on any atom is 0.227 e. The smallest absolute Gasteiger partial charge is 0.227 e. The molecule has 10 aromatic rings. The van der Waals surface area contributed by atoms with E-state index in [1.165, 1.54) is 0 Å². The Hall–Kier alpha value is -7.20. The van der Waals surface area contributed by atoms with Crippen molar-refractivity contribution in [2.75, 3.05) is 5.73 Å². The molecule has 0 atom stereocenters. The fraction of sp³-hybridized carbons (Fsp3) is 0.119. The van der Waals surface area contributed by atoms with Gasteiger partial charge in [-0.25, -0.2) is 9.97 Å². The summed E-state index contributed by atoms with van der Waals surface area (Å²) < 4.78 is 26.5. The first-order valence-corrected chi connectivity index (χ1v) is 25.2. The van der Waals surface area contributed by atoms with Crippen molar-refractivity contribution < 1.29 is 33.3 Å². The fourth-order valence-electron chi connectivity index (χ4n) is 6.72. The summed E-state index contributed by atoms with van der Waals surface area (Å²) in [6.45, 7) is 8.20. The van der Waals surface area contributed by atoms with Crippen LogP contribution >= 0.6 is 47.8 Å². The normalized spacial score (nSPS) is 13.4. The molecular formula is C59H51Br3N4O7. The fourth-order valence-corrected chi connectivity index (χ4v) is 7.80. The molecule has 11 nitrogen and oxygen atoms in total. The number of carbonyl (C=O) groups is 1. The van der Waals surface area contributed by atoms with Crippen molar-refractivity contribution in [1.82, 2.24) is 9.97 Å². The number of phenolic OH excluding ortho intramolecular Hbond substituents is 2. The quantitative estimate of drug-likeness (QED) is 0.0631. The third kappa shape index (κ3) is 14.9. The maximum atomic E-state index is 10.0. The zero-order chi connectivity index (χ0) is 52.0. The minimum absolute atomic E-state index is 0.123. The Kier molecular flexibility index (Phi) is 18.3. The highest BCUT2D eigenvalue weighted by Crippen LogP contribution is 2.45. The van der Waals surface area contributed by atoms with Gasteiger partial charge in [-0.15, -0.1) is 0 Å². The van der Waals surface area contributed by atoms with E-state index in [-0.39, 0.29) is 22.7 Å². The van der Waals surface area contributed by atoms with Crippen molar-refractivity contribution in [2.45, 2.75) is 45.2 Å². The van der Waals surface area contributed by atoms with Crippen molar-refractivity contribution in [1.29, 1.82) is 0 Å². The molecule has 0 radical (unpaired) electrons. The molecule has 0 amide bonds. The lowest BCUT2D eigenvalue weighted by Crippen LogP contribution is -2.41. The van der Waals surface area contributed by atoms with Gasteiger partial charge in [-0.05, 0) is 124 Å². The molecule has 11 rings (SSSR count). The molecule has 4 N–H and O–H groups in total. The molecule has 1 aliphatic rings. The Morgan fingerprint density at radius 2 is 0.973 bits per heavy atom. The third-order valence-corrected chi connectivity index (χ3v) is 12.8. The number of ether oxygens (including phenoxy) is 2. The summed E-state index contributed by atoms with van der Waals surface area (Å²) in [5, 5.41) is 18.5. The number of carbonyl (C=O) groups excluding carboxylic acids is 1. The van der Waals surface area contributed by atoms with E-state index in [4.69, 9.17) is 29.1 Å². The van der Waals surface area contributed by atoms with Gasteiger partial charge in [0.1, 0.15) is 34.5 Å². The molecule has 0 bridgehead atoms. The van der Waals surface area contributed by atoms with E-state index in [0.29, 0.717) is 23.2 Å². The van der Waals surface area contributed by atoms with Crippen LogP contribution in [0, 0.1) is 0 Å². The number of hydrogen-bond acceptors (Lipinski definition) is 11. The summed E-state index contributed by atoms with van der Waals surface area (Å²) in [5.74, 6) is 1.58. The Balaban J connectivity index is 0.000000141. The Morgan fingerprint density at radius 1 is 0.534 bits per heavy atom. The van der Waals surface area contributed by atoms with E-state index < -0.39 is 6.29 Å². The lowest BCUT2D eigenvalue weighted by molar-refractivity contribution is -0.0895. The van der Waals surface area contributed by atoms with Crippen LogP contribution in [0.25, 0.3) is 45.1 Å². The number of nitrogen functional groups attached to an aromatic ring is 1. The molecule has 0 aliphatic carbocycles. The SMILES string of the molecule is Brc1ccc2oc(-c3ccccc3)nc2c1.CC1(C)OC(c2ccc3oc(-c4ccccc4)nc3c2)OC1(C)C.Nc1cc(Br)ccc1O.O=Cc1ccccc1.Oc1ccc(Br)cc1N=Cc1ccccc1. The lowest BCUT2D eigenvalue weighted by atomic mass is 9.90. The molecule has 14 heteroatoms. The molecule has 8 aromatic carbocycles. The number of fused-ring (bicyclic) bond motifs is 2. The molecule has 2 aromatic heterocycles. The highest BCUT2D eigenvalue weighted by atomic mass is 79.9. The van der Waals surface area contributed by atoms with Gasteiger partial charge in [0.25, 0.3) is 0 Å². The number of anilines is 1. The van der Waals surface area contributed by atoms with E-state index in [1.807, 2.05) is 146 Å². The number of oxazole rings is 2. The maximum absolute atomic E-state index is 10.0. The molecule has 0 unspecified atom stereocenters. The number of aldehydes is 1. The van der Waals surface area contributed by atoms with Gasteiger partial charge in [0, 0.05) is 41.9 Å². The van der Waals surface area contributed by atoms with Crippen molar-refractivity contribution in [3.05, 3.63) is 224 Å². The van der Waals surface area contributed by atoms with Crippen molar-refractivity contribution in [3.63, 3.8) is 0 Å². The van der Waals surface area contributed by atoms with Crippen molar-refractivity contribution in [2.24, 2.45) is 4.99 Å². The first-order valence-electron chi connectivity index (χ1n) is 22.8. The van der Waals surface area contributed by atoms with Crippen LogP contribution in [0.5, 0.6) is 11.5 Å². The van der Waals surface area contributed by atoms with Crippen LogP contribution < -0.4 is 5.73 Å². The van der Waals surface area contributed by atoms with Gasteiger partial charge >= 0.3 is 0 Å². The Morgan fingerprint density at radius 3 is 1.47 bits per heavy atom. The molecule has 73 heavy (non-hydrogen) atoms. The lowest BCUT2D eigenvalue weighted by Gasteiger charge is -2.30. The van der Waals surface area contributed by atoms with Crippen LogP contribution in [0.1, 0.15) is 55.5 Å². The average molecular weight is 1170 g/mol. The first kappa shape index (κ1) is 53.6. The van der Waals surface area contributed by atoms with Crippen molar-refractivity contribution in [3.8, 4) is 34.4 Å². The van der Waals surface area contributed by atoms with Gasteiger partial charge in [0.2, 0.25) is 11.8 Å². The van der Waals surface area contributed by atoms with Crippen LogP contribution in [0.3, 0.4) is 0 Å². The zero-order valence-electron chi connectivity index (χ0n) is 40.2. The van der Waals surface area contributed by atoms with Crippen LogP contribution in [0.4, 0.5) is 11.4 Å². The summed E-state index contributed by atoms with van der Waals surface area (Å²) in [5.41, 5.74) is 13.5. The van der Waals surface area contributed by atoms with E-state index in [9.17, 15) is 9.90 Å². The van der Waals surface area contributed by atoms with Gasteiger partial charge in [0.15, 0.2) is 17.5 Å². The topological polar surface area (TPSA) is 166 Å². The third-order valence-electron chi connectivity index (χ3n) is 11.3. The summed E-state index contributed by atoms with van der Waals surface area (Å²) >= 11 is 9.96. The first-order chi connectivity index (χ1) is 35.1. The Labute approximate surface area is 448 Å². The minimum Gasteiger partial charge on any atom is -0.506 e. The number of phenols is 2. The average Bonchev–Trinajstić information content (AvgIpc) is 4.09. The second-order valence-corrected chi connectivity index (χ2v) is 20.0. The summed E-state index contributed by atoms with van der Waals surface area (Å²) in [7, 11) is 0. The van der Waals surface area contributed by atoms with Crippen LogP contribution in [-0.4, -0.2) is 43.9 Å². The minimum atomic E-state index is -0.392. The summed E-state index contributed by atoms with van der Waals surface area (Å²) in [6.07, 6.45) is 2.16. The molecule has 0 spiro atoms. The van der Waals surface area contributed by atoms with Gasteiger partial charge in [-0.1, -0.05) is 151 Å². The van der Waals surface area contributed by atoms with Gasteiger partial charge in [-0.2, -0.15) is 0 Å². The van der Waals surface area contributed by atoms with E-state index in [2.05, 4.69) is 90.4 Å². The number of aliphatic imine (C=N–C) groups is 1. The highest BCUT2D eigenvalue weighted by Gasteiger charge is 2.49. The molecule has 370 valence electrons. The number of nitrogens with two attached hydrogens (primary N) is 1. The number of hydrogen-bond donors (Lipinski definition) is 3. The molecule has 3 heterocycles. The number of nitrogens with zero attached hydrogens (tertiary/aromatic N) is 3. The van der Waals surface area contributed by atoms with Crippen LogP contribution in [0.15, 0.2) is 221 Å². The van der Waals surface area contributed by atoms with E-state index in [1.54, 1.807) is 54.7 Å². The number of aromatic hydroxyl groups is 2. The predicted molar refractivity (Wildman–Crippen MR) is 301 cm³/mol. The number of rotatable bonds is 6. The summed E-state index contributed by atoms with van der Waals surface area (Å²) in [4.78, 5) is 23.3. The molecule has 1 fully saturated rings. The standard InChI is InChI=1S/C20H21NO3.C13H8BrNO.C13H10BrNO.C7H6O.C6H6BrNO/c1-19(2)20(3,4)24-18(23-19)14-10-11-16-15(12-14)21-17(22-16)13-8-6-5-7-9-13;14-10-6-7-12-11(8-10)15-13(16-12)9-4-2-1-3-5-9;14-11-6-7-13(16)12(8-11)15-9-10-4-2-1-3-5-10;8-6-7-4-2-1-3-5-7;7-4-1-2-6(9)5(8)3-4/h5-12,18H,1-4H3;1-8H;1-9,16H;1-6H;1-3,9H,8H2. The second kappa shape index (κ2) is 25.0.